The van der Waals surface area contributed by atoms with Crippen LogP contribution in [0.25, 0.3) is 0 Å². The zero-order valence-corrected chi connectivity index (χ0v) is 16.0. The molecule has 1 unspecified atom stereocenters. The van der Waals surface area contributed by atoms with E-state index in [2.05, 4.69) is 0 Å². The molecule has 2 aromatic rings. The molecule has 5 nitrogen and oxygen atoms in total. The van der Waals surface area contributed by atoms with Crippen LogP contribution in [0.3, 0.4) is 0 Å². The minimum atomic E-state index is -0.712. The number of benzene rings is 2. The first-order chi connectivity index (χ1) is 12.3. The lowest BCUT2D eigenvalue weighted by Gasteiger charge is -2.26. The molecule has 0 bridgehead atoms. The SMILES string of the molecule is COc1c(C)c(C)c(OC)c(C(OC(C)=O)c2cccc(C=O)c2)c1C. The molecule has 0 radical (unpaired) electrons. The number of carbonyl (C=O) groups is 2. The Balaban J connectivity index is 2.81. The number of rotatable bonds is 6. The lowest BCUT2D eigenvalue weighted by molar-refractivity contribution is -0.144. The van der Waals surface area contributed by atoms with Gasteiger partial charge in [-0.1, -0.05) is 18.2 Å². The maximum absolute atomic E-state index is 11.8. The Hall–Kier alpha value is -2.82. The van der Waals surface area contributed by atoms with Gasteiger partial charge in [-0.15, -0.1) is 0 Å². The van der Waals surface area contributed by atoms with Gasteiger partial charge in [-0.2, -0.15) is 0 Å². The lowest BCUT2D eigenvalue weighted by Crippen LogP contribution is -2.15. The molecule has 0 fully saturated rings. The molecule has 0 aromatic heterocycles. The van der Waals surface area contributed by atoms with E-state index >= 15 is 0 Å². The molecule has 0 aliphatic heterocycles. The van der Waals surface area contributed by atoms with Gasteiger partial charge in [0.05, 0.1) is 14.2 Å². The molecule has 0 amide bonds. The van der Waals surface area contributed by atoms with Crippen molar-refractivity contribution in [1.82, 2.24) is 0 Å². The highest BCUT2D eigenvalue weighted by atomic mass is 16.5. The van der Waals surface area contributed by atoms with Gasteiger partial charge in [0.1, 0.15) is 17.8 Å². The summed E-state index contributed by atoms with van der Waals surface area (Å²) in [6, 6.07) is 6.99. The molecule has 0 spiro atoms. The third-order valence-electron chi connectivity index (χ3n) is 4.54. The number of hydrogen-bond acceptors (Lipinski definition) is 5. The molecule has 0 saturated heterocycles. The smallest absolute Gasteiger partial charge is 0.303 e. The van der Waals surface area contributed by atoms with Crippen LogP contribution in [0.5, 0.6) is 11.5 Å². The van der Waals surface area contributed by atoms with Crippen molar-refractivity contribution >= 4 is 12.3 Å². The van der Waals surface area contributed by atoms with Crippen LogP contribution in [0.2, 0.25) is 0 Å². The van der Waals surface area contributed by atoms with Gasteiger partial charge in [-0.3, -0.25) is 9.59 Å². The molecule has 0 N–H and O–H groups in total. The van der Waals surface area contributed by atoms with Gasteiger partial charge in [0, 0.05) is 23.6 Å². The van der Waals surface area contributed by atoms with Gasteiger partial charge in [0.15, 0.2) is 6.10 Å². The topological polar surface area (TPSA) is 61.8 Å². The van der Waals surface area contributed by atoms with Crippen LogP contribution in [-0.2, 0) is 9.53 Å². The average molecular weight is 356 g/mol. The van der Waals surface area contributed by atoms with Crippen molar-refractivity contribution in [2.45, 2.75) is 33.8 Å². The number of ether oxygens (including phenoxy) is 3. The summed E-state index contributed by atoms with van der Waals surface area (Å²) in [6.07, 6.45) is 0.0508. The van der Waals surface area contributed by atoms with Crippen molar-refractivity contribution in [3.63, 3.8) is 0 Å². The van der Waals surface area contributed by atoms with Gasteiger partial charge >= 0.3 is 5.97 Å². The molecule has 5 heteroatoms. The van der Waals surface area contributed by atoms with E-state index in [-0.39, 0.29) is 0 Å². The number of carbonyl (C=O) groups excluding carboxylic acids is 2. The fourth-order valence-corrected chi connectivity index (χ4v) is 3.26. The molecule has 2 rings (SSSR count). The van der Waals surface area contributed by atoms with E-state index < -0.39 is 12.1 Å². The second-order valence-corrected chi connectivity index (χ2v) is 6.13. The molecule has 1 atom stereocenters. The molecule has 26 heavy (non-hydrogen) atoms. The number of methoxy groups -OCH3 is 2. The van der Waals surface area contributed by atoms with Gasteiger partial charge in [0.2, 0.25) is 0 Å². The Morgan fingerprint density at radius 3 is 2.15 bits per heavy atom. The Labute approximate surface area is 153 Å². The summed E-state index contributed by atoms with van der Waals surface area (Å²) in [7, 11) is 3.20. The molecule has 0 aliphatic rings. The first-order valence-corrected chi connectivity index (χ1v) is 8.29. The normalized spacial score (nSPS) is 11.6. The minimum Gasteiger partial charge on any atom is -0.496 e. The van der Waals surface area contributed by atoms with E-state index in [0.717, 1.165) is 28.7 Å². The van der Waals surface area contributed by atoms with Crippen molar-refractivity contribution in [2.75, 3.05) is 14.2 Å². The third kappa shape index (κ3) is 3.57. The summed E-state index contributed by atoms with van der Waals surface area (Å²) in [5, 5.41) is 0. The van der Waals surface area contributed by atoms with E-state index in [4.69, 9.17) is 14.2 Å². The average Bonchev–Trinajstić information content (AvgIpc) is 2.63. The fraction of sp³-hybridized carbons (Fsp3) is 0.333. The summed E-state index contributed by atoms with van der Waals surface area (Å²) < 4.78 is 16.9. The maximum atomic E-state index is 11.8. The summed E-state index contributed by atoms with van der Waals surface area (Å²) in [5.74, 6) is 0.940. The van der Waals surface area contributed by atoms with E-state index in [0.29, 0.717) is 22.4 Å². The zero-order valence-electron chi connectivity index (χ0n) is 16.0. The zero-order chi connectivity index (χ0) is 19.4. The first kappa shape index (κ1) is 19.5. The van der Waals surface area contributed by atoms with Crippen molar-refractivity contribution < 1.29 is 23.8 Å². The Morgan fingerprint density at radius 1 is 1.00 bits per heavy atom. The molecule has 0 aliphatic carbocycles. The molecule has 138 valence electrons. The molecule has 0 heterocycles. The summed E-state index contributed by atoms with van der Waals surface area (Å²) in [6.45, 7) is 7.16. The first-order valence-electron chi connectivity index (χ1n) is 8.29. The van der Waals surface area contributed by atoms with Crippen LogP contribution in [0.1, 0.15) is 51.2 Å². The van der Waals surface area contributed by atoms with Gasteiger partial charge in [-0.25, -0.2) is 0 Å². The van der Waals surface area contributed by atoms with Crippen LogP contribution >= 0.6 is 0 Å². The van der Waals surface area contributed by atoms with Gasteiger partial charge < -0.3 is 14.2 Å². The Morgan fingerprint density at radius 2 is 1.62 bits per heavy atom. The number of aldehydes is 1. The highest BCUT2D eigenvalue weighted by Crippen LogP contribution is 2.44. The molecular formula is C21H24O5. The Bertz CT molecular complexity index is 839. The summed E-state index contributed by atoms with van der Waals surface area (Å²) in [4.78, 5) is 23.0. The standard InChI is InChI=1S/C21H24O5/c1-12-13(2)20(25-6)18(14(3)19(12)24-5)21(26-15(4)23)17-9-7-8-16(10-17)11-22/h7-11,21H,1-6H3. The largest absolute Gasteiger partial charge is 0.496 e. The minimum absolute atomic E-state index is 0.426. The van der Waals surface area contributed by atoms with Crippen LogP contribution in [0, 0.1) is 20.8 Å². The van der Waals surface area contributed by atoms with Crippen LogP contribution in [0.15, 0.2) is 24.3 Å². The predicted octanol–water partition coefficient (Wildman–Crippen LogP) is 4.09. The fourth-order valence-electron chi connectivity index (χ4n) is 3.26. The second-order valence-electron chi connectivity index (χ2n) is 6.13. The number of esters is 1. The van der Waals surface area contributed by atoms with Gasteiger partial charge in [0.25, 0.3) is 0 Å². The van der Waals surface area contributed by atoms with Crippen molar-refractivity contribution in [1.29, 1.82) is 0 Å². The van der Waals surface area contributed by atoms with E-state index in [1.165, 1.54) is 6.92 Å². The summed E-state index contributed by atoms with van der Waals surface area (Å²) in [5.41, 5.74) is 4.62. The van der Waals surface area contributed by atoms with Gasteiger partial charge in [-0.05, 0) is 43.5 Å². The molecule has 0 saturated carbocycles. The predicted molar refractivity (Wildman–Crippen MR) is 99.2 cm³/mol. The quantitative estimate of drug-likeness (QED) is 0.576. The van der Waals surface area contributed by atoms with Crippen LogP contribution in [-0.4, -0.2) is 26.5 Å². The van der Waals surface area contributed by atoms with E-state index in [1.54, 1.807) is 32.4 Å². The van der Waals surface area contributed by atoms with Crippen LogP contribution < -0.4 is 9.47 Å². The maximum Gasteiger partial charge on any atom is 0.303 e. The number of hydrogen-bond donors (Lipinski definition) is 0. The highest BCUT2D eigenvalue weighted by Gasteiger charge is 2.28. The molecule has 2 aromatic carbocycles. The highest BCUT2D eigenvalue weighted by molar-refractivity contribution is 5.75. The Kier molecular flexibility index (Phi) is 6.03. The third-order valence-corrected chi connectivity index (χ3v) is 4.54. The van der Waals surface area contributed by atoms with Crippen molar-refractivity contribution in [3.8, 4) is 11.5 Å². The molecular weight excluding hydrogens is 332 g/mol. The summed E-state index contributed by atoms with van der Waals surface area (Å²) >= 11 is 0. The second kappa shape index (κ2) is 8.04. The van der Waals surface area contributed by atoms with E-state index in [9.17, 15) is 9.59 Å². The van der Waals surface area contributed by atoms with Crippen molar-refractivity contribution in [3.05, 3.63) is 57.6 Å². The van der Waals surface area contributed by atoms with Crippen LogP contribution in [0.4, 0.5) is 0 Å². The lowest BCUT2D eigenvalue weighted by atomic mass is 9.90. The van der Waals surface area contributed by atoms with E-state index in [1.807, 2.05) is 26.8 Å². The van der Waals surface area contributed by atoms with Crippen molar-refractivity contribution in [2.24, 2.45) is 0 Å². The monoisotopic (exact) mass is 356 g/mol.